The van der Waals surface area contributed by atoms with Crippen molar-refractivity contribution in [3.63, 3.8) is 0 Å². The summed E-state index contributed by atoms with van der Waals surface area (Å²) >= 11 is 0. The lowest BCUT2D eigenvalue weighted by Crippen LogP contribution is -2.40. The van der Waals surface area contributed by atoms with Crippen LogP contribution in [0, 0.1) is 0 Å². The molecule has 0 fully saturated rings. The fourth-order valence-electron chi connectivity index (χ4n) is 8.04. The second kappa shape index (κ2) is 46.1. The Balaban J connectivity index is 3.51. The van der Waals surface area contributed by atoms with Gasteiger partial charge in [-0.05, 0) is 32.1 Å². The zero-order valence-electron chi connectivity index (χ0n) is 37.9. The molecule has 56 heavy (non-hydrogen) atoms. The van der Waals surface area contributed by atoms with Crippen LogP contribution in [0.3, 0.4) is 0 Å². The van der Waals surface area contributed by atoms with Crippen LogP contribution in [0.25, 0.3) is 0 Å². The third kappa shape index (κ3) is 43.5. The van der Waals surface area contributed by atoms with Crippen molar-refractivity contribution >= 4 is 17.8 Å². The molecule has 332 valence electrons. The molecule has 0 rings (SSSR count). The van der Waals surface area contributed by atoms with Gasteiger partial charge in [0.15, 0.2) is 0 Å². The summed E-state index contributed by atoms with van der Waals surface area (Å²) in [5.41, 5.74) is 0. The Kier molecular flexibility index (Phi) is 44.8. The normalized spacial score (nSPS) is 11.9. The number of aliphatic carboxylic acids is 1. The van der Waals surface area contributed by atoms with Crippen LogP contribution in [0.2, 0.25) is 0 Å². The molecule has 0 aliphatic rings. The van der Waals surface area contributed by atoms with E-state index in [9.17, 15) is 19.5 Å². The number of hydrogen-bond acceptors (Lipinski definition) is 3. The van der Waals surface area contributed by atoms with Crippen molar-refractivity contribution in [3.8, 4) is 0 Å². The van der Waals surface area contributed by atoms with Gasteiger partial charge < -0.3 is 15.7 Å². The molecule has 0 aromatic heterocycles. The van der Waals surface area contributed by atoms with Crippen LogP contribution in [-0.4, -0.2) is 35.5 Å². The highest BCUT2D eigenvalue weighted by atomic mass is 16.4. The standard InChI is InChI=1S/C50H98N2O4/c1-3-5-7-9-11-13-15-17-19-21-23-25-27-29-31-33-35-37-39-44-48(53)51-46-42-41-43-47(50(55)56)52-49(54)45-40-38-36-34-32-30-28-26-24-22-20-18-16-14-12-10-8-6-4-2/h47H,3-46H2,1-2H3,(H,51,53)(H,52,54)(H,55,56). The number of hydrogen-bond donors (Lipinski definition) is 3. The van der Waals surface area contributed by atoms with Gasteiger partial charge in [-0.15, -0.1) is 0 Å². The molecule has 1 atom stereocenters. The molecule has 1 unspecified atom stereocenters. The number of rotatable bonds is 47. The maximum atomic E-state index is 12.4. The predicted octanol–water partition coefficient (Wildman–Crippen LogP) is 15.5. The lowest BCUT2D eigenvalue weighted by Gasteiger charge is -2.14. The molecule has 2 amide bonds. The first kappa shape index (κ1) is 54.4. The molecule has 0 radical (unpaired) electrons. The Morgan fingerprint density at radius 2 is 0.625 bits per heavy atom. The van der Waals surface area contributed by atoms with E-state index >= 15 is 0 Å². The van der Waals surface area contributed by atoms with Gasteiger partial charge in [-0.25, -0.2) is 4.79 Å². The van der Waals surface area contributed by atoms with Gasteiger partial charge in [-0.1, -0.05) is 245 Å². The van der Waals surface area contributed by atoms with Crippen LogP contribution in [0.15, 0.2) is 0 Å². The van der Waals surface area contributed by atoms with Crippen molar-refractivity contribution in [2.45, 2.75) is 296 Å². The smallest absolute Gasteiger partial charge is 0.326 e. The van der Waals surface area contributed by atoms with Crippen molar-refractivity contribution in [1.29, 1.82) is 0 Å². The fraction of sp³-hybridized carbons (Fsp3) is 0.940. The summed E-state index contributed by atoms with van der Waals surface area (Å²) in [4.78, 5) is 36.3. The van der Waals surface area contributed by atoms with Crippen LogP contribution >= 0.6 is 0 Å². The van der Waals surface area contributed by atoms with Gasteiger partial charge in [0.25, 0.3) is 0 Å². The first-order valence-corrected chi connectivity index (χ1v) is 25.3. The number of amides is 2. The average Bonchev–Trinajstić information content (AvgIpc) is 3.19. The van der Waals surface area contributed by atoms with E-state index in [2.05, 4.69) is 24.5 Å². The minimum atomic E-state index is -0.972. The molecular formula is C50H98N2O4. The maximum absolute atomic E-state index is 12.4. The summed E-state index contributed by atoms with van der Waals surface area (Å²) in [6, 6.07) is -0.844. The average molecular weight is 791 g/mol. The molecule has 0 bridgehead atoms. The predicted molar refractivity (Wildman–Crippen MR) is 242 cm³/mol. The number of nitrogens with one attached hydrogen (secondary N) is 2. The molecule has 3 N–H and O–H groups in total. The molecule has 0 aliphatic carbocycles. The summed E-state index contributed by atoms with van der Waals surface area (Å²) in [7, 11) is 0. The highest BCUT2D eigenvalue weighted by molar-refractivity contribution is 5.83. The minimum Gasteiger partial charge on any atom is -0.480 e. The fourth-order valence-corrected chi connectivity index (χ4v) is 8.04. The lowest BCUT2D eigenvalue weighted by atomic mass is 10.0. The third-order valence-electron chi connectivity index (χ3n) is 11.9. The molecule has 0 aliphatic heterocycles. The van der Waals surface area contributed by atoms with E-state index in [4.69, 9.17) is 0 Å². The van der Waals surface area contributed by atoms with E-state index in [0.717, 1.165) is 38.5 Å². The van der Waals surface area contributed by atoms with Gasteiger partial charge >= 0.3 is 5.97 Å². The zero-order chi connectivity index (χ0) is 40.8. The van der Waals surface area contributed by atoms with E-state index in [-0.39, 0.29) is 11.8 Å². The van der Waals surface area contributed by atoms with Gasteiger partial charge in [0.2, 0.25) is 11.8 Å². The quantitative estimate of drug-likeness (QED) is 0.0535. The van der Waals surface area contributed by atoms with E-state index in [1.54, 1.807) is 0 Å². The summed E-state index contributed by atoms with van der Waals surface area (Å²) in [5.74, 6) is -1.03. The summed E-state index contributed by atoms with van der Waals surface area (Å²) in [6.07, 6.45) is 53.4. The largest absolute Gasteiger partial charge is 0.480 e. The Morgan fingerprint density at radius 1 is 0.357 bits per heavy atom. The second-order valence-corrected chi connectivity index (χ2v) is 17.5. The number of unbranched alkanes of at least 4 members (excludes halogenated alkanes) is 37. The van der Waals surface area contributed by atoms with Crippen molar-refractivity contribution in [2.75, 3.05) is 6.54 Å². The molecule has 6 nitrogen and oxygen atoms in total. The highest BCUT2D eigenvalue weighted by Crippen LogP contribution is 2.17. The van der Waals surface area contributed by atoms with Gasteiger partial charge in [0.1, 0.15) is 6.04 Å². The lowest BCUT2D eigenvalue weighted by molar-refractivity contribution is -0.142. The molecule has 0 saturated heterocycles. The molecule has 0 heterocycles. The number of carboxylic acid groups (broad SMARTS) is 1. The molecule has 0 aromatic carbocycles. The van der Waals surface area contributed by atoms with Gasteiger partial charge in [-0.3, -0.25) is 9.59 Å². The monoisotopic (exact) mass is 791 g/mol. The Morgan fingerprint density at radius 3 is 0.911 bits per heavy atom. The third-order valence-corrected chi connectivity index (χ3v) is 11.9. The van der Waals surface area contributed by atoms with E-state index in [0.29, 0.717) is 32.2 Å². The van der Waals surface area contributed by atoms with Gasteiger partial charge in [0, 0.05) is 19.4 Å². The first-order valence-electron chi connectivity index (χ1n) is 25.3. The van der Waals surface area contributed by atoms with Crippen molar-refractivity contribution in [3.05, 3.63) is 0 Å². The van der Waals surface area contributed by atoms with Gasteiger partial charge in [-0.2, -0.15) is 0 Å². The van der Waals surface area contributed by atoms with Gasteiger partial charge in [0.05, 0.1) is 0 Å². The summed E-state index contributed by atoms with van der Waals surface area (Å²) in [6.45, 7) is 5.13. The van der Waals surface area contributed by atoms with Crippen molar-refractivity contribution in [1.82, 2.24) is 10.6 Å². The first-order chi connectivity index (χ1) is 27.5. The topological polar surface area (TPSA) is 95.5 Å². The van der Waals surface area contributed by atoms with Crippen molar-refractivity contribution < 1.29 is 19.5 Å². The summed E-state index contributed by atoms with van der Waals surface area (Å²) < 4.78 is 0. The number of carboxylic acids is 1. The molecule has 6 heteroatoms. The highest BCUT2D eigenvalue weighted by Gasteiger charge is 2.19. The van der Waals surface area contributed by atoms with E-state index < -0.39 is 12.0 Å². The van der Waals surface area contributed by atoms with Crippen molar-refractivity contribution in [2.24, 2.45) is 0 Å². The zero-order valence-corrected chi connectivity index (χ0v) is 37.9. The van der Waals surface area contributed by atoms with Crippen LogP contribution in [-0.2, 0) is 14.4 Å². The molecule has 0 saturated carbocycles. The number of carbonyl (C=O) groups is 3. The molecular weight excluding hydrogens is 693 g/mol. The Bertz CT molecular complexity index is 834. The van der Waals surface area contributed by atoms with Crippen LogP contribution < -0.4 is 10.6 Å². The van der Waals surface area contributed by atoms with Crippen LogP contribution in [0.1, 0.15) is 290 Å². The van der Waals surface area contributed by atoms with Crippen LogP contribution in [0.4, 0.5) is 0 Å². The maximum Gasteiger partial charge on any atom is 0.326 e. The SMILES string of the molecule is CCCCCCCCCCCCCCCCCCCCCC(=O)NCCCCC(NC(=O)CCCCCCCCCCCCCCCCCCCCC)C(=O)O. The van der Waals surface area contributed by atoms with Crippen LogP contribution in [0.5, 0.6) is 0 Å². The minimum absolute atomic E-state index is 0.0969. The second-order valence-electron chi connectivity index (χ2n) is 17.5. The Hall–Kier alpha value is -1.59. The molecule has 0 spiro atoms. The Labute approximate surface area is 349 Å². The van der Waals surface area contributed by atoms with E-state index in [1.165, 1.54) is 212 Å². The molecule has 0 aromatic rings. The van der Waals surface area contributed by atoms with E-state index in [1.807, 2.05) is 0 Å². The number of carbonyl (C=O) groups excluding carboxylic acids is 2. The summed E-state index contributed by atoms with van der Waals surface area (Å²) in [5, 5.41) is 15.3.